The summed E-state index contributed by atoms with van der Waals surface area (Å²) < 4.78 is 5.23. The van der Waals surface area contributed by atoms with Gasteiger partial charge in [-0.2, -0.15) is 0 Å². The fourth-order valence-electron chi connectivity index (χ4n) is 2.15. The van der Waals surface area contributed by atoms with E-state index in [1.807, 2.05) is 6.92 Å². The van der Waals surface area contributed by atoms with E-state index in [1.165, 1.54) is 12.1 Å². The third-order valence-electron chi connectivity index (χ3n) is 3.18. The van der Waals surface area contributed by atoms with Crippen LogP contribution in [-0.2, 0) is 11.2 Å². The molecule has 1 aliphatic rings. The molecule has 0 saturated heterocycles. The lowest BCUT2D eigenvalue weighted by Crippen LogP contribution is -2.39. The predicted octanol–water partition coefficient (Wildman–Crippen LogP) is 1.63. The first-order valence-electron chi connectivity index (χ1n) is 6.27. The van der Waals surface area contributed by atoms with Gasteiger partial charge in [0.1, 0.15) is 0 Å². The van der Waals surface area contributed by atoms with Crippen LogP contribution in [0.2, 0.25) is 0 Å². The Hall–Kier alpha value is -1.95. The van der Waals surface area contributed by atoms with Gasteiger partial charge in [0.2, 0.25) is 0 Å². The molecule has 0 aromatic heterocycles. The second kappa shape index (κ2) is 5.79. The van der Waals surface area contributed by atoms with Crippen LogP contribution in [0.1, 0.15) is 22.8 Å². The fourth-order valence-corrected chi connectivity index (χ4v) is 2.15. The van der Waals surface area contributed by atoms with E-state index in [-0.39, 0.29) is 11.6 Å². The van der Waals surface area contributed by atoms with E-state index in [0.29, 0.717) is 31.9 Å². The molecule has 0 fully saturated rings. The lowest BCUT2D eigenvalue weighted by atomic mass is 9.98. The van der Waals surface area contributed by atoms with Crippen LogP contribution in [0.25, 0.3) is 0 Å². The Morgan fingerprint density at radius 3 is 2.95 bits per heavy atom. The number of rotatable bonds is 5. The molecule has 0 saturated carbocycles. The second-order valence-electron chi connectivity index (χ2n) is 4.34. The zero-order valence-electron chi connectivity index (χ0n) is 10.8. The van der Waals surface area contributed by atoms with Gasteiger partial charge in [0.15, 0.2) is 0 Å². The maximum Gasteiger partial charge on any atom is 0.270 e. The van der Waals surface area contributed by atoms with Crippen LogP contribution in [0.5, 0.6) is 0 Å². The van der Waals surface area contributed by atoms with Gasteiger partial charge in [-0.25, -0.2) is 0 Å². The first kappa shape index (κ1) is 13.5. The molecule has 6 heteroatoms. The van der Waals surface area contributed by atoms with Crippen LogP contribution < -0.4 is 0 Å². The summed E-state index contributed by atoms with van der Waals surface area (Å²) in [6, 6.07) is 4.48. The fraction of sp³-hybridized carbons (Fsp3) is 0.462. The van der Waals surface area contributed by atoms with Gasteiger partial charge in [-0.3, -0.25) is 14.9 Å². The van der Waals surface area contributed by atoms with Crippen LogP contribution >= 0.6 is 0 Å². The molecule has 1 heterocycles. The SMILES string of the molecule is CCOCCN1CCc2ccc([N+](=O)[O-])cc2C1=O. The monoisotopic (exact) mass is 264 g/mol. The number of fused-ring (bicyclic) bond motifs is 1. The largest absolute Gasteiger partial charge is 0.380 e. The highest BCUT2D eigenvalue weighted by Gasteiger charge is 2.25. The van der Waals surface area contributed by atoms with Gasteiger partial charge in [-0.15, -0.1) is 0 Å². The number of ether oxygens (including phenoxy) is 1. The van der Waals surface area contributed by atoms with Crippen LogP contribution in [0.15, 0.2) is 18.2 Å². The quantitative estimate of drug-likeness (QED) is 0.460. The van der Waals surface area contributed by atoms with Crippen LogP contribution in [0.4, 0.5) is 5.69 Å². The zero-order valence-corrected chi connectivity index (χ0v) is 10.8. The second-order valence-corrected chi connectivity index (χ2v) is 4.34. The molecule has 6 nitrogen and oxygen atoms in total. The third kappa shape index (κ3) is 2.90. The summed E-state index contributed by atoms with van der Waals surface area (Å²) in [5, 5.41) is 10.7. The smallest absolute Gasteiger partial charge is 0.270 e. The molecule has 0 atom stereocenters. The maximum atomic E-state index is 12.2. The Bertz CT molecular complexity index is 501. The molecule has 1 amide bonds. The molecule has 102 valence electrons. The maximum absolute atomic E-state index is 12.2. The Kier molecular flexibility index (Phi) is 4.11. The van der Waals surface area contributed by atoms with Crippen molar-refractivity contribution in [3.63, 3.8) is 0 Å². The number of carbonyl (C=O) groups excluding carboxylic acids is 1. The number of carbonyl (C=O) groups is 1. The number of nitro groups is 1. The highest BCUT2D eigenvalue weighted by molar-refractivity contribution is 5.97. The van der Waals surface area contributed by atoms with Crippen LogP contribution in [0.3, 0.4) is 0 Å². The first-order chi connectivity index (χ1) is 9.13. The average molecular weight is 264 g/mol. The van der Waals surface area contributed by atoms with Crippen molar-refractivity contribution in [1.29, 1.82) is 0 Å². The minimum atomic E-state index is -0.479. The van der Waals surface area contributed by atoms with Crippen LogP contribution in [0, 0.1) is 10.1 Å². The number of amides is 1. The molecule has 19 heavy (non-hydrogen) atoms. The Labute approximate surface area is 111 Å². The van der Waals surface area contributed by atoms with Crippen LogP contribution in [-0.4, -0.2) is 42.0 Å². The van der Waals surface area contributed by atoms with Crippen molar-refractivity contribution in [1.82, 2.24) is 4.90 Å². The summed E-state index contributed by atoms with van der Waals surface area (Å²) >= 11 is 0. The number of nitro benzene ring substituents is 1. The van der Waals surface area contributed by atoms with Crippen molar-refractivity contribution >= 4 is 11.6 Å². The van der Waals surface area contributed by atoms with Crippen molar-refractivity contribution in [3.05, 3.63) is 39.4 Å². The van der Waals surface area contributed by atoms with Gasteiger partial charge in [0, 0.05) is 37.4 Å². The summed E-state index contributed by atoms with van der Waals surface area (Å²) in [5.74, 6) is -0.148. The zero-order chi connectivity index (χ0) is 13.8. The molecule has 2 rings (SSSR count). The molecule has 1 aromatic carbocycles. The minimum absolute atomic E-state index is 0.0428. The van der Waals surface area contributed by atoms with E-state index >= 15 is 0 Å². The summed E-state index contributed by atoms with van der Waals surface area (Å²) in [5.41, 5.74) is 1.28. The van der Waals surface area contributed by atoms with Gasteiger partial charge in [0.05, 0.1) is 11.5 Å². The summed E-state index contributed by atoms with van der Waals surface area (Å²) in [4.78, 5) is 24.2. The Morgan fingerprint density at radius 1 is 1.47 bits per heavy atom. The number of non-ortho nitro benzene ring substituents is 1. The van der Waals surface area contributed by atoms with Crippen molar-refractivity contribution in [2.75, 3.05) is 26.3 Å². The molecule has 0 bridgehead atoms. The van der Waals surface area contributed by atoms with E-state index in [9.17, 15) is 14.9 Å². The first-order valence-corrected chi connectivity index (χ1v) is 6.27. The summed E-state index contributed by atoms with van der Waals surface area (Å²) in [6.07, 6.45) is 0.727. The topological polar surface area (TPSA) is 72.7 Å². The van der Waals surface area contributed by atoms with Gasteiger partial charge in [-0.1, -0.05) is 6.07 Å². The van der Waals surface area contributed by atoms with Gasteiger partial charge in [0.25, 0.3) is 11.6 Å². The normalized spacial score (nSPS) is 14.4. The van der Waals surface area contributed by atoms with E-state index < -0.39 is 4.92 Å². The van der Waals surface area contributed by atoms with E-state index in [0.717, 1.165) is 12.0 Å². The molecular formula is C13H16N2O4. The molecule has 0 N–H and O–H groups in total. The third-order valence-corrected chi connectivity index (χ3v) is 3.18. The minimum Gasteiger partial charge on any atom is -0.380 e. The van der Waals surface area contributed by atoms with E-state index in [4.69, 9.17) is 4.74 Å². The van der Waals surface area contributed by atoms with Crippen molar-refractivity contribution in [2.45, 2.75) is 13.3 Å². The lowest BCUT2D eigenvalue weighted by molar-refractivity contribution is -0.384. The highest BCUT2D eigenvalue weighted by atomic mass is 16.6. The number of nitrogens with zero attached hydrogens (tertiary/aromatic N) is 2. The van der Waals surface area contributed by atoms with E-state index in [1.54, 1.807) is 11.0 Å². The van der Waals surface area contributed by atoms with Crippen molar-refractivity contribution in [2.24, 2.45) is 0 Å². The number of hydrogen-bond donors (Lipinski definition) is 0. The van der Waals surface area contributed by atoms with E-state index in [2.05, 4.69) is 0 Å². The summed E-state index contributed by atoms with van der Waals surface area (Å²) in [6.45, 7) is 4.17. The highest BCUT2D eigenvalue weighted by Crippen LogP contribution is 2.23. The molecule has 0 aliphatic carbocycles. The van der Waals surface area contributed by atoms with Crippen molar-refractivity contribution < 1.29 is 14.5 Å². The lowest BCUT2D eigenvalue weighted by Gasteiger charge is -2.28. The molecule has 0 unspecified atom stereocenters. The molecular weight excluding hydrogens is 248 g/mol. The van der Waals surface area contributed by atoms with Crippen molar-refractivity contribution in [3.8, 4) is 0 Å². The molecule has 0 radical (unpaired) electrons. The van der Waals surface area contributed by atoms with Gasteiger partial charge < -0.3 is 9.64 Å². The standard InChI is InChI=1S/C13H16N2O4/c1-2-19-8-7-14-6-5-10-3-4-11(15(17)18)9-12(10)13(14)16/h3-4,9H,2,5-8H2,1H3. The predicted molar refractivity (Wildman–Crippen MR) is 69.2 cm³/mol. The van der Waals surface area contributed by atoms with Gasteiger partial charge >= 0.3 is 0 Å². The average Bonchev–Trinajstić information content (AvgIpc) is 2.41. The van der Waals surface area contributed by atoms with Gasteiger partial charge in [-0.05, 0) is 18.9 Å². The molecule has 1 aliphatic heterocycles. The number of hydrogen-bond acceptors (Lipinski definition) is 4. The Balaban J connectivity index is 2.16. The summed E-state index contributed by atoms with van der Waals surface area (Å²) in [7, 11) is 0. The Morgan fingerprint density at radius 2 is 2.26 bits per heavy atom. The molecule has 1 aromatic rings. The molecule has 0 spiro atoms. The number of benzene rings is 1.